The topological polar surface area (TPSA) is 69.6 Å². The first-order chi connectivity index (χ1) is 9.97. The highest BCUT2D eigenvalue weighted by atomic mass is 35.5. The molecule has 0 spiro atoms. The SMILES string of the molecule is Cc1ccc(Cl)c(NC(=O)N2C3CCC2C(C(=O)O)C3)c1. The van der Waals surface area contributed by atoms with Crippen LogP contribution in [0.3, 0.4) is 0 Å². The number of carbonyl (C=O) groups is 2. The lowest BCUT2D eigenvalue weighted by Gasteiger charge is -2.23. The van der Waals surface area contributed by atoms with Crippen LogP contribution in [-0.2, 0) is 4.79 Å². The van der Waals surface area contributed by atoms with Crippen molar-refractivity contribution < 1.29 is 14.7 Å². The number of aryl methyl sites for hydroxylation is 1. The highest BCUT2D eigenvalue weighted by Gasteiger charge is 2.51. The highest BCUT2D eigenvalue weighted by Crippen LogP contribution is 2.42. The molecule has 2 amide bonds. The summed E-state index contributed by atoms with van der Waals surface area (Å²) in [6.45, 7) is 1.92. The number of rotatable bonds is 2. The summed E-state index contributed by atoms with van der Waals surface area (Å²) >= 11 is 6.09. The number of hydrogen-bond donors (Lipinski definition) is 2. The van der Waals surface area contributed by atoms with Gasteiger partial charge in [0.2, 0.25) is 0 Å². The molecule has 2 heterocycles. The standard InChI is InChI=1S/C15H17ClN2O3/c1-8-2-4-11(16)12(6-8)17-15(21)18-9-3-5-13(18)10(7-9)14(19)20/h2,4,6,9-10,13H,3,5,7H2,1H3,(H,17,21)(H,19,20). The Labute approximate surface area is 127 Å². The first-order valence-electron chi connectivity index (χ1n) is 7.05. The minimum Gasteiger partial charge on any atom is -0.481 e. The minimum atomic E-state index is -0.811. The number of amides is 2. The van der Waals surface area contributed by atoms with Crippen molar-refractivity contribution in [2.24, 2.45) is 5.92 Å². The molecule has 2 aliphatic heterocycles. The van der Waals surface area contributed by atoms with E-state index < -0.39 is 11.9 Å². The first kappa shape index (κ1) is 14.2. The summed E-state index contributed by atoms with van der Waals surface area (Å²) in [7, 11) is 0. The predicted molar refractivity (Wildman–Crippen MR) is 79.6 cm³/mol. The summed E-state index contributed by atoms with van der Waals surface area (Å²) in [5.41, 5.74) is 1.57. The molecule has 2 saturated heterocycles. The highest BCUT2D eigenvalue weighted by molar-refractivity contribution is 6.33. The Hall–Kier alpha value is -1.75. The van der Waals surface area contributed by atoms with Crippen molar-refractivity contribution in [2.45, 2.75) is 38.3 Å². The van der Waals surface area contributed by atoms with Gasteiger partial charge in [-0.15, -0.1) is 0 Å². The lowest BCUT2D eigenvalue weighted by Crippen LogP contribution is -2.40. The Bertz CT molecular complexity index is 605. The summed E-state index contributed by atoms with van der Waals surface area (Å²) in [6.07, 6.45) is 2.19. The second kappa shape index (κ2) is 5.22. The van der Waals surface area contributed by atoms with E-state index in [9.17, 15) is 14.7 Å². The van der Waals surface area contributed by atoms with Gasteiger partial charge in [0.25, 0.3) is 0 Å². The molecule has 2 aliphatic rings. The smallest absolute Gasteiger partial charge is 0.322 e. The van der Waals surface area contributed by atoms with Crippen molar-refractivity contribution in [3.63, 3.8) is 0 Å². The second-order valence-electron chi connectivity index (χ2n) is 5.80. The van der Waals surface area contributed by atoms with Crippen LogP contribution in [0.1, 0.15) is 24.8 Å². The van der Waals surface area contributed by atoms with Crippen LogP contribution >= 0.6 is 11.6 Å². The summed E-state index contributed by atoms with van der Waals surface area (Å²) in [5.74, 6) is -1.25. The molecular formula is C15H17ClN2O3. The lowest BCUT2D eigenvalue weighted by molar-refractivity contribution is -0.142. The maximum absolute atomic E-state index is 12.5. The maximum Gasteiger partial charge on any atom is 0.322 e. The Morgan fingerprint density at radius 1 is 1.38 bits per heavy atom. The van der Waals surface area contributed by atoms with Gasteiger partial charge in [0.1, 0.15) is 0 Å². The van der Waals surface area contributed by atoms with Crippen LogP contribution in [-0.4, -0.2) is 34.1 Å². The van der Waals surface area contributed by atoms with Crippen molar-refractivity contribution in [3.05, 3.63) is 28.8 Å². The molecular weight excluding hydrogens is 292 g/mol. The summed E-state index contributed by atoms with van der Waals surface area (Å²) in [6, 6.07) is 5.00. The fourth-order valence-electron chi connectivity index (χ4n) is 3.49. The van der Waals surface area contributed by atoms with Crippen LogP contribution in [0.4, 0.5) is 10.5 Å². The fourth-order valence-corrected chi connectivity index (χ4v) is 3.65. The molecule has 21 heavy (non-hydrogen) atoms. The van der Waals surface area contributed by atoms with Crippen LogP contribution in [0.2, 0.25) is 5.02 Å². The average Bonchev–Trinajstić information content (AvgIpc) is 3.00. The molecule has 6 heteroatoms. The van der Waals surface area contributed by atoms with E-state index in [4.69, 9.17) is 11.6 Å². The molecule has 2 fully saturated rings. The first-order valence-corrected chi connectivity index (χ1v) is 7.43. The Kier molecular flexibility index (Phi) is 3.53. The van der Waals surface area contributed by atoms with Crippen molar-refractivity contribution in [3.8, 4) is 0 Å². The van der Waals surface area contributed by atoms with E-state index in [2.05, 4.69) is 5.32 Å². The summed E-state index contributed by atoms with van der Waals surface area (Å²) in [5, 5.41) is 12.5. The van der Waals surface area contributed by atoms with Crippen LogP contribution < -0.4 is 5.32 Å². The molecule has 2 bridgehead atoms. The van der Waals surface area contributed by atoms with Gasteiger partial charge in [0.15, 0.2) is 0 Å². The molecule has 3 rings (SSSR count). The van der Waals surface area contributed by atoms with E-state index in [0.717, 1.165) is 18.4 Å². The van der Waals surface area contributed by atoms with Crippen LogP contribution in [0.15, 0.2) is 18.2 Å². The van der Waals surface area contributed by atoms with Gasteiger partial charge in [-0.3, -0.25) is 4.79 Å². The largest absolute Gasteiger partial charge is 0.481 e. The Morgan fingerprint density at radius 2 is 2.14 bits per heavy atom. The Morgan fingerprint density at radius 3 is 2.81 bits per heavy atom. The third kappa shape index (κ3) is 2.46. The number of carboxylic acid groups (broad SMARTS) is 1. The number of anilines is 1. The van der Waals surface area contributed by atoms with Gasteiger partial charge in [-0.25, -0.2) is 4.79 Å². The molecule has 0 radical (unpaired) electrons. The number of fused-ring (bicyclic) bond motifs is 2. The van der Waals surface area contributed by atoms with Gasteiger partial charge in [0, 0.05) is 12.1 Å². The zero-order valence-corrected chi connectivity index (χ0v) is 12.4. The minimum absolute atomic E-state index is 0.0275. The molecule has 0 aromatic heterocycles. The van der Waals surface area contributed by atoms with Crippen molar-refractivity contribution in [2.75, 3.05) is 5.32 Å². The van der Waals surface area contributed by atoms with E-state index in [-0.39, 0.29) is 18.1 Å². The number of nitrogens with one attached hydrogen (secondary N) is 1. The van der Waals surface area contributed by atoms with Crippen molar-refractivity contribution in [1.82, 2.24) is 4.90 Å². The normalized spacial score (nSPS) is 27.0. The van der Waals surface area contributed by atoms with E-state index in [1.165, 1.54) is 0 Å². The third-order valence-electron chi connectivity index (χ3n) is 4.45. The van der Waals surface area contributed by atoms with Gasteiger partial charge >= 0.3 is 12.0 Å². The molecule has 1 aromatic rings. The molecule has 5 nitrogen and oxygen atoms in total. The number of carbonyl (C=O) groups excluding carboxylic acids is 1. The second-order valence-corrected chi connectivity index (χ2v) is 6.21. The lowest BCUT2D eigenvalue weighted by atomic mass is 9.89. The third-order valence-corrected chi connectivity index (χ3v) is 4.78. The number of urea groups is 1. The predicted octanol–water partition coefficient (Wildman–Crippen LogP) is 3.12. The number of carboxylic acids is 1. The van der Waals surface area contributed by atoms with E-state index in [0.29, 0.717) is 17.1 Å². The zero-order valence-electron chi connectivity index (χ0n) is 11.7. The van der Waals surface area contributed by atoms with E-state index in [1.807, 2.05) is 19.1 Å². The van der Waals surface area contributed by atoms with Gasteiger partial charge in [-0.1, -0.05) is 17.7 Å². The maximum atomic E-state index is 12.5. The molecule has 3 atom stereocenters. The molecule has 112 valence electrons. The zero-order chi connectivity index (χ0) is 15.1. The van der Waals surface area contributed by atoms with E-state index in [1.54, 1.807) is 11.0 Å². The number of nitrogens with zero attached hydrogens (tertiary/aromatic N) is 1. The fraction of sp³-hybridized carbons (Fsp3) is 0.467. The molecule has 1 aromatic carbocycles. The van der Waals surface area contributed by atoms with Crippen LogP contribution in [0.25, 0.3) is 0 Å². The number of aliphatic carboxylic acids is 1. The van der Waals surface area contributed by atoms with E-state index >= 15 is 0 Å². The van der Waals surface area contributed by atoms with Gasteiger partial charge in [-0.2, -0.15) is 0 Å². The molecule has 3 unspecified atom stereocenters. The molecule has 0 aliphatic carbocycles. The number of benzene rings is 1. The van der Waals surface area contributed by atoms with Crippen molar-refractivity contribution in [1.29, 1.82) is 0 Å². The summed E-state index contributed by atoms with van der Waals surface area (Å²) < 4.78 is 0. The van der Waals surface area contributed by atoms with Crippen molar-refractivity contribution >= 4 is 29.3 Å². The summed E-state index contributed by atoms with van der Waals surface area (Å²) in [4.78, 5) is 25.4. The number of halogens is 1. The van der Waals surface area contributed by atoms with Gasteiger partial charge < -0.3 is 15.3 Å². The van der Waals surface area contributed by atoms with Crippen LogP contribution in [0, 0.1) is 12.8 Å². The monoisotopic (exact) mass is 308 g/mol. The van der Waals surface area contributed by atoms with Gasteiger partial charge in [0.05, 0.1) is 16.6 Å². The van der Waals surface area contributed by atoms with Crippen LogP contribution in [0.5, 0.6) is 0 Å². The quantitative estimate of drug-likeness (QED) is 0.882. The molecule has 0 saturated carbocycles. The molecule has 2 N–H and O–H groups in total. The number of hydrogen-bond acceptors (Lipinski definition) is 2. The average molecular weight is 309 g/mol. The van der Waals surface area contributed by atoms with Gasteiger partial charge in [-0.05, 0) is 43.9 Å². The Balaban J connectivity index is 1.77.